The molecule has 0 spiro atoms. The molecule has 0 aliphatic carbocycles. The van der Waals surface area contributed by atoms with Crippen molar-refractivity contribution in [1.82, 2.24) is 0 Å². The van der Waals surface area contributed by atoms with Crippen molar-refractivity contribution < 1.29 is 9.13 Å². The van der Waals surface area contributed by atoms with Gasteiger partial charge in [0.25, 0.3) is 0 Å². The van der Waals surface area contributed by atoms with Crippen LogP contribution in [0.25, 0.3) is 0 Å². The van der Waals surface area contributed by atoms with Gasteiger partial charge in [-0.05, 0) is 17.7 Å². The summed E-state index contributed by atoms with van der Waals surface area (Å²) in [5.41, 5.74) is 0.868. The summed E-state index contributed by atoms with van der Waals surface area (Å²) >= 11 is 5.49. The van der Waals surface area contributed by atoms with Crippen molar-refractivity contribution in [3.05, 3.63) is 34.6 Å². The highest BCUT2D eigenvalue weighted by Crippen LogP contribution is 2.31. The van der Waals surface area contributed by atoms with E-state index in [1.807, 2.05) is 0 Å². The van der Waals surface area contributed by atoms with E-state index < -0.39 is 0 Å². The van der Waals surface area contributed by atoms with Gasteiger partial charge in [0.2, 0.25) is 0 Å². The highest BCUT2D eigenvalue weighted by Gasteiger charge is 2.25. The minimum atomic E-state index is -0.375. The van der Waals surface area contributed by atoms with Gasteiger partial charge in [-0.1, -0.05) is 17.7 Å². The molecule has 1 saturated heterocycles. The zero-order valence-corrected chi connectivity index (χ0v) is 6.44. The standard InChI is InChI=1S/C8H6ClFO/c9-6-2-1-5(3-7(6)10)8-4-11-8/h1-3,8H,4H2/t8-/m0/s1. The molecule has 0 radical (unpaired) electrons. The molecule has 1 nitrogen and oxygen atoms in total. The van der Waals surface area contributed by atoms with E-state index in [0.717, 1.165) is 5.56 Å². The minimum Gasteiger partial charge on any atom is -0.368 e. The Morgan fingerprint density at radius 1 is 1.55 bits per heavy atom. The Balaban J connectivity index is 2.36. The Bertz CT molecular complexity index is 283. The lowest BCUT2D eigenvalue weighted by atomic mass is 10.2. The second kappa shape index (κ2) is 2.47. The largest absolute Gasteiger partial charge is 0.368 e. The van der Waals surface area contributed by atoms with Crippen molar-refractivity contribution in [3.8, 4) is 0 Å². The molecule has 1 aromatic carbocycles. The zero-order valence-electron chi connectivity index (χ0n) is 5.68. The Morgan fingerprint density at radius 2 is 2.27 bits per heavy atom. The number of rotatable bonds is 1. The van der Waals surface area contributed by atoms with Crippen molar-refractivity contribution in [1.29, 1.82) is 0 Å². The maximum absolute atomic E-state index is 12.8. The van der Waals surface area contributed by atoms with Crippen molar-refractivity contribution in [3.63, 3.8) is 0 Å². The fourth-order valence-corrected chi connectivity index (χ4v) is 1.07. The quantitative estimate of drug-likeness (QED) is 0.593. The van der Waals surface area contributed by atoms with Crippen LogP contribution >= 0.6 is 11.6 Å². The molecule has 0 amide bonds. The summed E-state index contributed by atoms with van der Waals surface area (Å²) in [6.07, 6.45) is 0.0989. The average Bonchev–Trinajstić information content (AvgIpc) is 2.77. The van der Waals surface area contributed by atoms with E-state index in [9.17, 15) is 4.39 Å². The first-order chi connectivity index (χ1) is 5.27. The number of hydrogen-bond donors (Lipinski definition) is 0. The molecule has 0 saturated carbocycles. The van der Waals surface area contributed by atoms with E-state index in [0.29, 0.717) is 6.61 Å². The van der Waals surface area contributed by atoms with Gasteiger partial charge in [-0.3, -0.25) is 0 Å². The lowest BCUT2D eigenvalue weighted by Crippen LogP contribution is -1.83. The van der Waals surface area contributed by atoms with Gasteiger partial charge in [0.05, 0.1) is 11.6 Å². The SMILES string of the molecule is Fc1cc([C@@H]2CO2)ccc1Cl. The summed E-state index contributed by atoms with van der Waals surface area (Å²) in [5, 5.41) is 0.161. The van der Waals surface area contributed by atoms with Crippen LogP contribution in [-0.4, -0.2) is 6.61 Å². The maximum atomic E-state index is 12.8. The van der Waals surface area contributed by atoms with Crippen LogP contribution in [0.4, 0.5) is 4.39 Å². The summed E-state index contributed by atoms with van der Waals surface area (Å²) in [4.78, 5) is 0. The van der Waals surface area contributed by atoms with Crippen molar-refractivity contribution in [2.24, 2.45) is 0 Å². The van der Waals surface area contributed by atoms with Crippen LogP contribution in [0.2, 0.25) is 5.02 Å². The molecule has 58 valence electrons. The van der Waals surface area contributed by atoms with Crippen LogP contribution in [0.1, 0.15) is 11.7 Å². The predicted molar refractivity (Wildman–Crippen MR) is 40.1 cm³/mol. The van der Waals surface area contributed by atoms with Crippen molar-refractivity contribution in [2.75, 3.05) is 6.61 Å². The van der Waals surface area contributed by atoms with E-state index in [1.165, 1.54) is 6.07 Å². The maximum Gasteiger partial charge on any atom is 0.142 e. The predicted octanol–water partition coefficient (Wildman–Crippen LogP) is 2.55. The van der Waals surface area contributed by atoms with Crippen LogP contribution in [0.5, 0.6) is 0 Å². The average molecular weight is 173 g/mol. The van der Waals surface area contributed by atoms with E-state index >= 15 is 0 Å². The number of halogens is 2. The molecule has 0 unspecified atom stereocenters. The smallest absolute Gasteiger partial charge is 0.142 e. The zero-order chi connectivity index (χ0) is 7.84. The van der Waals surface area contributed by atoms with Crippen LogP contribution in [0, 0.1) is 5.82 Å². The molecular formula is C8H6ClFO. The molecule has 0 N–H and O–H groups in total. The van der Waals surface area contributed by atoms with Gasteiger partial charge in [0.15, 0.2) is 0 Å². The molecule has 0 aromatic heterocycles. The van der Waals surface area contributed by atoms with Crippen LogP contribution in [-0.2, 0) is 4.74 Å². The molecule has 1 atom stereocenters. The normalized spacial score (nSPS) is 21.8. The van der Waals surface area contributed by atoms with E-state index in [4.69, 9.17) is 16.3 Å². The van der Waals surface area contributed by atoms with Crippen LogP contribution < -0.4 is 0 Å². The van der Waals surface area contributed by atoms with Crippen LogP contribution in [0.3, 0.4) is 0 Å². The summed E-state index contributed by atoms with van der Waals surface area (Å²) < 4.78 is 17.8. The second-order valence-corrected chi connectivity index (χ2v) is 2.90. The third-order valence-corrected chi connectivity index (χ3v) is 1.96. The molecule has 1 aliphatic heterocycles. The molecule has 1 aliphatic rings. The van der Waals surface area contributed by atoms with Crippen molar-refractivity contribution >= 4 is 11.6 Å². The van der Waals surface area contributed by atoms with Gasteiger partial charge < -0.3 is 4.74 Å². The fraction of sp³-hybridized carbons (Fsp3) is 0.250. The number of epoxide rings is 1. The first-order valence-corrected chi connectivity index (χ1v) is 3.72. The lowest BCUT2D eigenvalue weighted by Gasteiger charge is -1.96. The molecule has 1 aromatic rings. The first kappa shape index (κ1) is 7.07. The Kier molecular flexibility index (Phi) is 1.59. The molecular weight excluding hydrogens is 167 g/mol. The Labute approximate surface area is 68.7 Å². The number of ether oxygens (including phenoxy) is 1. The molecule has 1 heterocycles. The molecule has 11 heavy (non-hydrogen) atoms. The molecule has 3 heteroatoms. The van der Waals surface area contributed by atoms with Gasteiger partial charge in [-0.15, -0.1) is 0 Å². The van der Waals surface area contributed by atoms with Gasteiger partial charge >= 0.3 is 0 Å². The van der Waals surface area contributed by atoms with Gasteiger partial charge in [0.1, 0.15) is 11.9 Å². The molecule has 1 fully saturated rings. The number of hydrogen-bond acceptors (Lipinski definition) is 1. The van der Waals surface area contributed by atoms with E-state index in [-0.39, 0.29) is 16.9 Å². The molecule has 0 bridgehead atoms. The highest BCUT2D eigenvalue weighted by molar-refractivity contribution is 6.30. The Morgan fingerprint density at radius 3 is 2.82 bits per heavy atom. The van der Waals surface area contributed by atoms with E-state index in [2.05, 4.69) is 0 Å². The Hall–Kier alpha value is -0.600. The lowest BCUT2D eigenvalue weighted by molar-refractivity contribution is 0.415. The van der Waals surface area contributed by atoms with E-state index in [1.54, 1.807) is 12.1 Å². The minimum absolute atomic E-state index is 0.0989. The first-order valence-electron chi connectivity index (χ1n) is 3.34. The third-order valence-electron chi connectivity index (χ3n) is 1.65. The summed E-state index contributed by atoms with van der Waals surface area (Å²) in [5.74, 6) is -0.375. The second-order valence-electron chi connectivity index (χ2n) is 2.50. The topological polar surface area (TPSA) is 12.5 Å². The van der Waals surface area contributed by atoms with Gasteiger partial charge in [-0.25, -0.2) is 4.39 Å². The van der Waals surface area contributed by atoms with Crippen LogP contribution in [0.15, 0.2) is 18.2 Å². The third kappa shape index (κ3) is 1.37. The summed E-state index contributed by atoms with van der Waals surface area (Å²) in [6, 6.07) is 4.75. The van der Waals surface area contributed by atoms with Crippen molar-refractivity contribution in [2.45, 2.75) is 6.10 Å². The monoisotopic (exact) mass is 172 g/mol. The number of benzene rings is 1. The summed E-state index contributed by atoms with van der Waals surface area (Å²) in [7, 11) is 0. The fourth-order valence-electron chi connectivity index (χ4n) is 0.953. The van der Waals surface area contributed by atoms with Gasteiger partial charge in [0, 0.05) is 0 Å². The molecule has 2 rings (SSSR count). The van der Waals surface area contributed by atoms with Gasteiger partial charge in [-0.2, -0.15) is 0 Å². The highest BCUT2D eigenvalue weighted by atomic mass is 35.5. The summed E-state index contributed by atoms with van der Waals surface area (Å²) in [6.45, 7) is 0.696.